The third kappa shape index (κ3) is 3.89. The summed E-state index contributed by atoms with van der Waals surface area (Å²) in [6.45, 7) is -0.686. The summed E-state index contributed by atoms with van der Waals surface area (Å²) in [5, 5.41) is 11.2. The molecule has 0 heterocycles. The van der Waals surface area contributed by atoms with Gasteiger partial charge in [-0.1, -0.05) is 35.9 Å². The molecule has 25 heavy (non-hydrogen) atoms. The zero-order valence-corrected chi connectivity index (χ0v) is 14.5. The van der Waals surface area contributed by atoms with Crippen molar-refractivity contribution in [3.63, 3.8) is 0 Å². The van der Waals surface area contributed by atoms with Gasteiger partial charge < -0.3 is 4.74 Å². The number of nitro benzene ring substituents is 1. The van der Waals surface area contributed by atoms with Gasteiger partial charge in [-0.2, -0.15) is 0 Å². The zero-order chi connectivity index (χ0) is 18.6. The van der Waals surface area contributed by atoms with Gasteiger partial charge in [-0.25, -0.2) is 8.42 Å². The number of carbonyl (C=O) groups excluding carboxylic acids is 1. The van der Waals surface area contributed by atoms with Crippen molar-refractivity contribution in [2.24, 2.45) is 0 Å². The molecule has 10 heteroatoms. The van der Waals surface area contributed by atoms with Crippen molar-refractivity contribution >= 4 is 39.0 Å². The van der Waals surface area contributed by atoms with Crippen molar-refractivity contribution in [1.82, 2.24) is 0 Å². The van der Waals surface area contributed by atoms with Gasteiger partial charge in [0.25, 0.3) is 15.7 Å². The predicted molar refractivity (Wildman–Crippen MR) is 91.1 cm³/mol. The Bertz CT molecular complexity index is 916. The van der Waals surface area contributed by atoms with Crippen LogP contribution in [-0.4, -0.2) is 33.0 Å². The quantitative estimate of drug-likeness (QED) is 0.430. The molecule has 0 aliphatic carbocycles. The summed E-state index contributed by atoms with van der Waals surface area (Å²) in [5.74, 6) is -0.845. The molecular weight excluding hydrogens is 372 g/mol. The van der Waals surface area contributed by atoms with Gasteiger partial charge in [0.2, 0.25) is 0 Å². The van der Waals surface area contributed by atoms with E-state index in [0.717, 1.165) is 19.2 Å². The number of benzene rings is 2. The Labute approximate surface area is 148 Å². The summed E-state index contributed by atoms with van der Waals surface area (Å²) >= 11 is 6.05. The SMILES string of the molecule is COC(=O)CN(c1ccccc1Cl)S(=O)(=O)c1ccccc1[N+](=O)[O-]. The number of para-hydroxylation sites is 2. The summed E-state index contributed by atoms with van der Waals surface area (Å²) in [4.78, 5) is 21.5. The molecule has 8 nitrogen and oxygen atoms in total. The molecule has 2 aromatic rings. The van der Waals surface area contributed by atoms with Gasteiger partial charge in [0.15, 0.2) is 4.90 Å². The maximum absolute atomic E-state index is 13.0. The Hall–Kier alpha value is -2.65. The first-order valence-electron chi connectivity index (χ1n) is 6.86. The molecule has 0 saturated heterocycles. The number of methoxy groups -OCH3 is 1. The second-order valence-corrected chi connectivity index (χ2v) is 7.00. The molecule has 0 N–H and O–H groups in total. The molecule has 0 spiro atoms. The monoisotopic (exact) mass is 384 g/mol. The molecule has 132 valence electrons. The van der Waals surface area contributed by atoms with E-state index in [1.807, 2.05) is 0 Å². The average Bonchev–Trinajstić information content (AvgIpc) is 2.60. The highest BCUT2D eigenvalue weighted by molar-refractivity contribution is 7.93. The molecule has 0 unspecified atom stereocenters. The Kier molecular flexibility index (Phi) is 5.60. The van der Waals surface area contributed by atoms with Crippen molar-refractivity contribution in [2.75, 3.05) is 18.0 Å². The van der Waals surface area contributed by atoms with E-state index < -0.39 is 38.0 Å². The summed E-state index contributed by atoms with van der Waals surface area (Å²) in [6.07, 6.45) is 0. The van der Waals surface area contributed by atoms with E-state index in [4.69, 9.17) is 11.6 Å². The van der Waals surface area contributed by atoms with Crippen molar-refractivity contribution in [2.45, 2.75) is 4.90 Å². The molecule has 0 aliphatic heterocycles. The van der Waals surface area contributed by atoms with Crippen LogP contribution in [0.2, 0.25) is 5.02 Å². The van der Waals surface area contributed by atoms with Crippen molar-refractivity contribution in [3.8, 4) is 0 Å². The smallest absolute Gasteiger partial charge is 0.326 e. The largest absolute Gasteiger partial charge is 0.468 e. The van der Waals surface area contributed by atoms with Crippen LogP contribution >= 0.6 is 11.6 Å². The van der Waals surface area contributed by atoms with Crippen molar-refractivity contribution in [1.29, 1.82) is 0 Å². The number of hydrogen-bond donors (Lipinski definition) is 0. The fraction of sp³-hybridized carbons (Fsp3) is 0.133. The first-order valence-corrected chi connectivity index (χ1v) is 8.68. The number of hydrogen-bond acceptors (Lipinski definition) is 6. The summed E-state index contributed by atoms with van der Waals surface area (Å²) in [5.41, 5.74) is -0.600. The van der Waals surface area contributed by atoms with Crippen LogP contribution in [-0.2, 0) is 19.6 Å². The lowest BCUT2D eigenvalue weighted by Gasteiger charge is -2.24. The number of halogens is 1. The topological polar surface area (TPSA) is 107 Å². The number of ether oxygens (including phenoxy) is 1. The third-order valence-electron chi connectivity index (χ3n) is 3.25. The highest BCUT2D eigenvalue weighted by Gasteiger charge is 2.34. The van der Waals surface area contributed by atoms with Crippen LogP contribution in [0, 0.1) is 10.1 Å². The fourth-order valence-corrected chi connectivity index (χ4v) is 3.96. The highest BCUT2D eigenvalue weighted by Crippen LogP contribution is 2.33. The highest BCUT2D eigenvalue weighted by atomic mass is 35.5. The summed E-state index contributed by atoms with van der Waals surface area (Å²) < 4.78 is 31.2. The van der Waals surface area contributed by atoms with E-state index in [0.29, 0.717) is 4.31 Å². The van der Waals surface area contributed by atoms with Gasteiger partial charge >= 0.3 is 5.97 Å². The van der Waals surface area contributed by atoms with Crippen LogP contribution < -0.4 is 4.31 Å². The molecule has 0 saturated carbocycles. The van der Waals surface area contributed by atoms with Gasteiger partial charge in [0.1, 0.15) is 6.54 Å². The van der Waals surface area contributed by atoms with Crippen LogP contribution in [0.5, 0.6) is 0 Å². The first kappa shape index (κ1) is 18.7. The summed E-state index contributed by atoms with van der Waals surface area (Å²) in [6, 6.07) is 10.8. The van der Waals surface area contributed by atoms with Crippen LogP contribution in [0.3, 0.4) is 0 Å². The van der Waals surface area contributed by atoms with E-state index in [1.165, 1.54) is 30.3 Å². The molecular formula is C15H13ClN2O6S. The van der Waals surface area contributed by atoms with Gasteiger partial charge in [-0.05, 0) is 18.2 Å². The lowest BCUT2D eigenvalue weighted by Crippen LogP contribution is -2.36. The number of anilines is 1. The van der Waals surface area contributed by atoms with E-state index in [2.05, 4.69) is 4.74 Å². The average molecular weight is 385 g/mol. The molecule has 0 aliphatic rings. The molecule has 0 aromatic heterocycles. The standard InChI is InChI=1S/C15H13ClN2O6S/c1-24-15(19)10-17(12-7-3-2-6-11(12)16)25(22,23)14-9-5-4-8-13(14)18(20)21/h2-9H,10H2,1H3. The number of nitrogens with zero attached hydrogens (tertiary/aromatic N) is 2. The molecule has 2 aromatic carbocycles. The summed E-state index contributed by atoms with van der Waals surface area (Å²) in [7, 11) is -3.35. The number of rotatable bonds is 6. The van der Waals surface area contributed by atoms with Gasteiger partial charge in [0.05, 0.1) is 22.7 Å². The van der Waals surface area contributed by atoms with E-state index >= 15 is 0 Å². The maximum atomic E-state index is 13.0. The zero-order valence-electron chi connectivity index (χ0n) is 13.0. The van der Waals surface area contributed by atoms with Gasteiger partial charge in [-0.3, -0.25) is 19.2 Å². The van der Waals surface area contributed by atoms with E-state index in [9.17, 15) is 23.3 Å². The minimum absolute atomic E-state index is 0.00715. The second kappa shape index (κ2) is 7.49. The first-order chi connectivity index (χ1) is 11.8. The third-order valence-corrected chi connectivity index (χ3v) is 5.38. The van der Waals surface area contributed by atoms with Crippen LogP contribution in [0.15, 0.2) is 53.4 Å². The fourth-order valence-electron chi connectivity index (χ4n) is 2.08. The lowest BCUT2D eigenvalue weighted by molar-refractivity contribution is -0.387. The van der Waals surface area contributed by atoms with E-state index in [-0.39, 0.29) is 10.7 Å². The Morgan fingerprint density at radius 3 is 2.40 bits per heavy atom. The molecule has 2 rings (SSSR count). The minimum Gasteiger partial charge on any atom is -0.468 e. The van der Waals surface area contributed by atoms with Crippen LogP contribution in [0.25, 0.3) is 0 Å². The molecule has 0 fully saturated rings. The number of sulfonamides is 1. The predicted octanol–water partition coefficient (Wildman–Crippen LogP) is 2.62. The van der Waals surface area contributed by atoms with Crippen molar-refractivity contribution in [3.05, 3.63) is 63.7 Å². The normalized spacial score (nSPS) is 11.0. The Balaban J connectivity index is 2.67. The lowest BCUT2D eigenvalue weighted by atomic mass is 10.3. The number of carbonyl (C=O) groups is 1. The van der Waals surface area contributed by atoms with Crippen molar-refractivity contribution < 1.29 is 22.9 Å². The minimum atomic E-state index is -4.45. The molecule has 0 bridgehead atoms. The van der Waals surface area contributed by atoms with E-state index in [1.54, 1.807) is 6.07 Å². The Morgan fingerprint density at radius 1 is 1.20 bits per heavy atom. The molecule has 0 amide bonds. The molecule has 0 radical (unpaired) electrons. The van der Waals surface area contributed by atoms with Gasteiger partial charge in [0, 0.05) is 6.07 Å². The van der Waals surface area contributed by atoms with Gasteiger partial charge in [-0.15, -0.1) is 0 Å². The van der Waals surface area contributed by atoms with Crippen LogP contribution in [0.1, 0.15) is 0 Å². The Morgan fingerprint density at radius 2 is 1.80 bits per heavy atom. The van der Waals surface area contributed by atoms with Crippen LogP contribution in [0.4, 0.5) is 11.4 Å². The second-order valence-electron chi connectivity index (χ2n) is 4.76. The number of esters is 1. The maximum Gasteiger partial charge on any atom is 0.326 e. The number of nitro groups is 1. The molecule has 0 atom stereocenters.